The quantitative estimate of drug-likeness (QED) is 0.812. The predicted molar refractivity (Wildman–Crippen MR) is 69.1 cm³/mol. The van der Waals surface area contributed by atoms with E-state index in [9.17, 15) is 4.79 Å². The molecule has 0 aliphatic carbocycles. The molecule has 0 aliphatic heterocycles. The van der Waals surface area contributed by atoms with Crippen LogP contribution < -0.4 is 10.5 Å². The topological polar surface area (TPSA) is 72.5 Å². The Hall–Kier alpha value is -2.49. The van der Waals surface area contributed by atoms with Gasteiger partial charge >= 0.3 is 5.97 Å². The molecule has 2 rings (SSSR count). The van der Waals surface area contributed by atoms with Gasteiger partial charge in [-0.15, -0.1) is 0 Å². The van der Waals surface area contributed by atoms with E-state index in [0.29, 0.717) is 11.5 Å². The summed E-state index contributed by atoms with van der Waals surface area (Å²) in [5.74, 6) is 0.162. The van der Waals surface area contributed by atoms with Crippen molar-refractivity contribution in [3.05, 3.63) is 53.6 Å². The maximum atomic E-state index is 10.8. The van der Waals surface area contributed by atoms with E-state index in [-0.39, 0.29) is 11.3 Å². The zero-order chi connectivity index (χ0) is 13.1. The number of carboxylic acids is 1. The van der Waals surface area contributed by atoms with Gasteiger partial charge in [0.1, 0.15) is 11.5 Å². The third kappa shape index (κ3) is 2.60. The molecule has 0 fully saturated rings. The predicted octanol–water partition coefficient (Wildman–Crippen LogP) is 3.07. The Balaban J connectivity index is 2.25. The number of nitrogens with two attached hydrogens (primary N) is 1. The highest BCUT2D eigenvalue weighted by molar-refractivity contribution is 5.93. The van der Waals surface area contributed by atoms with Crippen molar-refractivity contribution in [2.24, 2.45) is 0 Å². The maximum absolute atomic E-state index is 10.8. The van der Waals surface area contributed by atoms with Crippen LogP contribution >= 0.6 is 0 Å². The summed E-state index contributed by atoms with van der Waals surface area (Å²) in [7, 11) is 0. The largest absolute Gasteiger partial charge is 0.478 e. The molecule has 4 heteroatoms. The van der Waals surface area contributed by atoms with Crippen LogP contribution in [0.15, 0.2) is 42.5 Å². The monoisotopic (exact) mass is 243 g/mol. The highest BCUT2D eigenvalue weighted by Gasteiger charge is 2.08. The SMILES string of the molecule is Cc1cccc(Oc2ccc(C(=O)O)c(N)c2)c1. The fourth-order valence-corrected chi connectivity index (χ4v) is 1.61. The Morgan fingerprint density at radius 1 is 1.17 bits per heavy atom. The molecule has 4 nitrogen and oxygen atoms in total. The van der Waals surface area contributed by atoms with E-state index in [2.05, 4.69) is 0 Å². The molecule has 2 aromatic rings. The Labute approximate surface area is 105 Å². The van der Waals surface area contributed by atoms with Crippen LogP contribution in [0.3, 0.4) is 0 Å². The number of carbonyl (C=O) groups is 1. The van der Waals surface area contributed by atoms with Gasteiger partial charge in [0.15, 0.2) is 0 Å². The number of nitrogen functional groups attached to an aromatic ring is 1. The Kier molecular flexibility index (Phi) is 3.19. The van der Waals surface area contributed by atoms with Gasteiger partial charge in [-0.3, -0.25) is 0 Å². The van der Waals surface area contributed by atoms with E-state index in [0.717, 1.165) is 5.56 Å². The third-order valence-corrected chi connectivity index (χ3v) is 2.48. The fourth-order valence-electron chi connectivity index (χ4n) is 1.61. The lowest BCUT2D eigenvalue weighted by atomic mass is 10.2. The molecule has 0 saturated carbocycles. The summed E-state index contributed by atoms with van der Waals surface area (Å²) in [5.41, 5.74) is 6.99. The summed E-state index contributed by atoms with van der Waals surface area (Å²) in [6.07, 6.45) is 0. The number of carboxylic acid groups (broad SMARTS) is 1. The average molecular weight is 243 g/mol. The first-order valence-electron chi connectivity index (χ1n) is 5.43. The van der Waals surface area contributed by atoms with E-state index in [4.69, 9.17) is 15.6 Å². The van der Waals surface area contributed by atoms with Crippen LogP contribution in [-0.4, -0.2) is 11.1 Å². The molecule has 0 amide bonds. The van der Waals surface area contributed by atoms with Crippen molar-refractivity contribution >= 4 is 11.7 Å². The van der Waals surface area contributed by atoms with Crippen LogP contribution in [0.4, 0.5) is 5.69 Å². The molecule has 0 unspecified atom stereocenters. The average Bonchev–Trinajstić information content (AvgIpc) is 2.28. The molecule has 3 N–H and O–H groups in total. The Morgan fingerprint density at radius 2 is 1.89 bits per heavy atom. The molecule has 0 atom stereocenters. The number of aryl methyl sites for hydroxylation is 1. The van der Waals surface area contributed by atoms with Crippen LogP contribution in [0.5, 0.6) is 11.5 Å². The summed E-state index contributed by atoms with van der Waals surface area (Å²) in [4.78, 5) is 10.8. The van der Waals surface area contributed by atoms with E-state index < -0.39 is 5.97 Å². The third-order valence-electron chi connectivity index (χ3n) is 2.48. The van der Waals surface area contributed by atoms with Crippen LogP contribution in [0.25, 0.3) is 0 Å². The summed E-state index contributed by atoms with van der Waals surface area (Å²) in [5, 5.41) is 8.86. The van der Waals surface area contributed by atoms with Crippen molar-refractivity contribution in [1.82, 2.24) is 0 Å². The number of ether oxygens (including phenoxy) is 1. The number of benzene rings is 2. The van der Waals surface area contributed by atoms with Crippen molar-refractivity contribution in [3.8, 4) is 11.5 Å². The van der Waals surface area contributed by atoms with Gasteiger partial charge in [0.05, 0.1) is 5.56 Å². The molecule has 0 aromatic heterocycles. The lowest BCUT2D eigenvalue weighted by Crippen LogP contribution is -2.02. The zero-order valence-electron chi connectivity index (χ0n) is 9.88. The smallest absolute Gasteiger partial charge is 0.337 e. The van der Waals surface area contributed by atoms with Gasteiger partial charge in [0.2, 0.25) is 0 Å². The summed E-state index contributed by atoms with van der Waals surface area (Å²) in [6.45, 7) is 1.97. The van der Waals surface area contributed by atoms with Gasteiger partial charge in [-0.25, -0.2) is 4.79 Å². The van der Waals surface area contributed by atoms with Gasteiger partial charge in [-0.1, -0.05) is 12.1 Å². The van der Waals surface area contributed by atoms with Crippen LogP contribution in [-0.2, 0) is 0 Å². The lowest BCUT2D eigenvalue weighted by molar-refractivity contribution is 0.0698. The first-order valence-corrected chi connectivity index (χ1v) is 5.43. The fraction of sp³-hybridized carbons (Fsp3) is 0.0714. The number of aromatic carboxylic acids is 1. The van der Waals surface area contributed by atoms with Gasteiger partial charge in [-0.2, -0.15) is 0 Å². The first kappa shape index (κ1) is 12.0. The summed E-state index contributed by atoms with van der Waals surface area (Å²) < 4.78 is 5.60. The minimum atomic E-state index is -1.05. The summed E-state index contributed by atoms with van der Waals surface area (Å²) in [6, 6.07) is 12.1. The minimum absolute atomic E-state index is 0.0755. The molecule has 0 aliphatic rings. The van der Waals surface area contributed by atoms with Crippen LogP contribution in [0.1, 0.15) is 15.9 Å². The van der Waals surface area contributed by atoms with E-state index in [1.807, 2.05) is 31.2 Å². The standard InChI is InChI=1S/C14H13NO3/c1-9-3-2-4-10(7-9)18-11-5-6-12(14(16)17)13(15)8-11/h2-8H,15H2,1H3,(H,16,17). The molecular formula is C14H13NO3. The van der Waals surface area contributed by atoms with Crippen molar-refractivity contribution in [3.63, 3.8) is 0 Å². The maximum Gasteiger partial charge on any atom is 0.337 e. The molecule has 18 heavy (non-hydrogen) atoms. The lowest BCUT2D eigenvalue weighted by Gasteiger charge is -2.08. The Bertz CT molecular complexity index is 593. The van der Waals surface area contributed by atoms with E-state index >= 15 is 0 Å². The van der Waals surface area contributed by atoms with Crippen molar-refractivity contribution < 1.29 is 14.6 Å². The highest BCUT2D eigenvalue weighted by atomic mass is 16.5. The van der Waals surface area contributed by atoms with Crippen molar-refractivity contribution in [1.29, 1.82) is 0 Å². The Morgan fingerprint density at radius 3 is 2.50 bits per heavy atom. The van der Waals surface area contributed by atoms with Crippen molar-refractivity contribution in [2.45, 2.75) is 6.92 Å². The number of hydrogen-bond donors (Lipinski definition) is 2. The van der Waals surface area contributed by atoms with Crippen LogP contribution in [0, 0.1) is 6.92 Å². The van der Waals surface area contributed by atoms with Gasteiger partial charge < -0.3 is 15.6 Å². The first-order chi connectivity index (χ1) is 8.56. The molecule has 92 valence electrons. The van der Waals surface area contributed by atoms with Crippen molar-refractivity contribution in [2.75, 3.05) is 5.73 Å². The highest BCUT2D eigenvalue weighted by Crippen LogP contribution is 2.25. The minimum Gasteiger partial charge on any atom is -0.478 e. The van der Waals surface area contributed by atoms with E-state index in [1.54, 1.807) is 6.07 Å². The zero-order valence-corrected chi connectivity index (χ0v) is 9.88. The molecule has 0 bridgehead atoms. The number of hydrogen-bond acceptors (Lipinski definition) is 3. The normalized spacial score (nSPS) is 10.1. The second-order valence-electron chi connectivity index (χ2n) is 3.97. The molecule has 0 saturated heterocycles. The van der Waals surface area contributed by atoms with Gasteiger partial charge in [0, 0.05) is 11.8 Å². The molecule has 2 aromatic carbocycles. The second-order valence-corrected chi connectivity index (χ2v) is 3.97. The number of anilines is 1. The van der Waals surface area contributed by atoms with Gasteiger partial charge in [-0.05, 0) is 36.8 Å². The molecule has 0 heterocycles. The van der Waals surface area contributed by atoms with Gasteiger partial charge in [0.25, 0.3) is 0 Å². The second kappa shape index (κ2) is 4.79. The van der Waals surface area contributed by atoms with Crippen LogP contribution in [0.2, 0.25) is 0 Å². The summed E-state index contributed by atoms with van der Waals surface area (Å²) >= 11 is 0. The number of rotatable bonds is 3. The van der Waals surface area contributed by atoms with E-state index in [1.165, 1.54) is 12.1 Å². The molecule has 0 spiro atoms. The molecule has 0 radical (unpaired) electrons. The molecular weight excluding hydrogens is 230 g/mol.